The van der Waals surface area contributed by atoms with E-state index in [2.05, 4.69) is 31.2 Å². The smallest absolute Gasteiger partial charge is 0.0233 e. The highest BCUT2D eigenvalue weighted by molar-refractivity contribution is 5.35. The highest BCUT2D eigenvalue weighted by Gasteiger charge is 2.53. The highest BCUT2D eigenvalue weighted by Crippen LogP contribution is 2.55. The van der Waals surface area contributed by atoms with Crippen LogP contribution in [0.25, 0.3) is 0 Å². The van der Waals surface area contributed by atoms with E-state index in [-0.39, 0.29) is 5.54 Å². The Labute approximate surface area is 91.7 Å². The lowest BCUT2D eigenvalue weighted by Gasteiger charge is -2.11. The van der Waals surface area contributed by atoms with Gasteiger partial charge >= 0.3 is 0 Å². The molecule has 2 saturated carbocycles. The third kappa shape index (κ3) is 1.81. The second-order valence-electron chi connectivity index (χ2n) is 5.55. The molecule has 0 heterocycles. The van der Waals surface area contributed by atoms with Crippen LogP contribution in [0.2, 0.25) is 0 Å². The number of rotatable bonds is 3. The molecule has 1 aromatic rings. The molecule has 0 radical (unpaired) electrons. The van der Waals surface area contributed by atoms with Gasteiger partial charge in [-0.2, -0.15) is 0 Å². The quantitative estimate of drug-likeness (QED) is 0.799. The molecule has 2 aliphatic carbocycles. The van der Waals surface area contributed by atoms with Gasteiger partial charge in [0.25, 0.3) is 0 Å². The number of benzene rings is 1. The molecule has 15 heavy (non-hydrogen) atoms. The van der Waals surface area contributed by atoms with Crippen molar-refractivity contribution in [2.75, 3.05) is 0 Å². The molecule has 1 nitrogen and oxygen atoms in total. The molecule has 0 spiro atoms. The molecule has 2 fully saturated rings. The Morgan fingerprint density at radius 2 is 2.20 bits per heavy atom. The molecule has 3 rings (SSSR count). The first kappa shape index (κ1) is 9.41. The third-order valence-corrected chi connectivity index (χ3v) is 3.93. The van der Waals surface area contributed by atoms with Gasteiger partial charge in [-0.3, -0.25) is 0 Å². The molecule has 2 N–H and O–H groups in total. The summed E-state index contributed by atoms with van der Waals surface area (Å²) in [7, 11) is 0. The van der Waals surface area contributed by atoms with Crippen LogP contribution < -0.4 is 5.73 Å². The fourth-order valence-corrected chi connectivity index (χ4v) is 2.74. The minimum Gasteiger partial charge on any atom is -0.325 e. The Bertz CT molecular complexity index is 381. The molecule has 80 valence electrons. The van der Waals surface area contributed by atoms with E-state index < -0.39 is 0 Å². The van der Waals surface area contributed by atoms with E-state index in [4.69, 9.17) is 5.73 Å². The lowest BCUT2D eigenvalue weighted by atomic mass is 10.0. The van der Waals surface area contributed by atoms with Gasteiger partial charge in [0.15, 0.2) is 0 Å². The third-order valence-electron chi connectivity index (χ3n) is 3.93. The summed E-state index contributed by atoms with van der Waals surface area (Å²) in [6.07, 6.45) is 5.29. The Morgan fingerprint density at radius 1 is 1.40 bits per heavy atom. The van der Waals surface area contributed by atoms with E-state index in [9.17, 15) is 0 Å². The van der Waals surface area contributed by atoms with E-state index >= 15 is 0 Å². The molecule has 0 bridgehead atoms. The summed E-state index contributed by atoms with van der Waals surface area (Å²) in [6.45, 7) is 2.16. The largest absolute Gasteiger partial charge is 0.325 e. The molecule has 2 aliphatic rings. The van der Waals surface area contributed by atoms with Crippen LogP contribution in [0.5, 0.6) is 0 Å². The van der Waals surface area contributed by atoms with Gasteiger partial charge in [-0.05, 0) is 31.2 Å². The molecule has 2 atom stereocenters. The molecular formula is C14H19N. The van der Waals surface area contributed by atoms with Gasteiger partial charge in [0, 0.05) is 11.5 Å². The first-order chi connectivity index (χ1) is 7.17. The number of nitrogens with two attached hydrogens (primary N) is 1. The van der Waals surface area contributed by atoms with E-state index in [1.165, 1.54) is 36.8 Å². The average molecular weight is 201 g/mol. The Hall–Kier alpha value is -0.820. The Morgan fingerprint density at radius 3 is 2.87 bits per heavy atom. The zero-order valence-electron chi connectivity index (χ0n) is 9.37. The monoisotopic (exact) mass is 201 g/mol. The highest BCUT2D eigenvalue weighted by atomic mass is 14.9. The first-order valence-corrected chi connectivity index (χ1v) is 6.03. The van der Waals surface area contributed by atoms with Gasteiger partial charge < -0.3 is 5.73 Å². The summed E-state index contributed by atoms with van der Waals surface area (Å²) in [6, 6.07) is 8.84. The van der Waals surface area contributed by atoms with Crippen LogP contribution >= 0.6 is 0 Å². The van der Waals surface area contributed by atoms with E-state index in [1.54, 1.807) is 0 Å². The van der Waals surface area contributed by atoms with Crippen molar-refractivity contribution in [1.29, 1.82) is 0 Å². The van der Waals surface area contributed by atoms with Crippen LogP contribution in [0, 0.1) is 12.8 Å². The van der Waals surface area contributed by atoms with Gasteiger partial charge in [0.1, 0.15) is 0 Å². The zero-order valence-corrected chi connectivity index (χ0v) is 9.37. The van der Waals surface area contributed by atoms with Crippen molar-refractivity contribution in [2.24, 2.45) is 11.7 Å². The summed E-state index contributed by atoms with van der Waals surface area (Å²) in [5, 5.41) is 0. The number of hydrogen-bond acceptors (Lipinski definition) is 1. The van der Waals surface area contributed by atoms with Crippen LogP contribution in [0.1, 0.15) is 42.7 Å². The lowest BCUT2D eigenvalue weighted by molar-refractivity contribution is 0.545. The number of aryl methyl sites for hydroxylation is 1. The number of hydrogen-bond donors (Lipinski definition) is 1. The van der Waals surface area contributed by atoms with Crippen molar-refractivity contribution in [2.45, 2.75) is 44.1 Å². The van der Waals surface area contributed by atoms with Crippen molar-refractivity contribution in [3.8, 4) is 0 Å². The Kier molecular flexibility index (Phi) is 1.93. The van der Waals surface area contributed by atoms with Crippen molar-refractivity contribution >= 4 is 0 Å². The van der Waals surface area contributed by atoms with E-state index in [0.29, 0.717) is 5.92 Å². The maximum absolute atomic E-state index is 6.41. The van der Waals surface area contributed by atoms with Crippen molar-refractivity contribution < 1.29 is 0 Å². The van der Waals surface area contributed by atoms with Crippen molar-refractivity contribution in [3.63, 3.8) is 0 Å². The Balaban J connectivity index is 1.74. The second kappa shape index (κ2) is 3.08. The fourth-order valence-electron chi connectivity index (χ4n) is 2.74. The maximum atomic E-state index is 6.41. The molecule has 0 amide bonds. The van der Waals surface area contributed by atoms with Gasteiger partial charge in [-0.1, -0.05) is 42.7 Å². The van der Waals surface area contributed by atoms with Gasteiger partial charge in [0.2, 0.25) is 0 Å². The summed E-state index contributed by atoms with van der Waals surface area (Å²) < 4.78 is 0. The summed E-state index contributed by atoms with van der Waals surface area (Å²) >= 11 is 0. The standard InChI is InChI=1S/C14H19N/c1-10-3-2-4-12(7-10)13-9-14(13,15)8-11-5-6-11/h2-4,7,11,13H,5-6,8-9,15H2,1H3. The molecular weight excluding hydrogens is 182 g/mol. The minimum atomic E-state index is 0.148. The van der Waals surface area contributed by atoms with E-state index in [0.717, 1.165) is 5.92 Å². The normalized spacial score (nSPS) is 34.1. The SMILES string of the molecule is Cc1cccc(C2CC2(N)CC2CC2)c1. The first-order valence-electron chi connectivity index (χ1n) is 6.03. The van der Waals surface area contributed by atoms with Gasteiger partial charge in [-0.25, -0.2) is 0 Å². The van der Waals surface area contributed by atoms with Crippen molar-refractivity contribution in [1.82, 2.24) is 0 Å². The fraction of sp³-hybridized carbons (Fsp3) is 0.571. The van der Waals surface area contributed by atoms with Crippen LogP contribution in [0.15, 0.2) is 24.3 Å². The molecule has 2 unspecified atom stereocenters. The van der Waals surface area contributed by atoms with E-state index in [1.807, 2.05) is 0 Å². The zero-order chi connectivity index (χ0) is 10.5. The average Bonchev–Trinajstić information content (AvgIpc) is 3.07. The molecule has 0 saturated heterocycles. The van der Waals surface area contributed by atoms with Crippen LogP contribution in [0.3, 0.4) is 0 Å². The maximum Gasteiger partial charge on any atom is 0.0233 e. The molecule has 0 aromatic heterocycles. The predicted molar refractivity (Wildman–Crippen MR) is 62.8 cm³/mol. The van der Waals surface area contributed by atoms with Gasteiger partial charge in [0.05, 0.1) is 0 Å². The van der Waals surface area contributed by atoms with Crippen LogP contribution in [0.4, 0.5) is 0 Å². The molecule has 1 heteroatoms. The van der Waals surface area contributed by atoms with Crippen LogP contribution in [-0.2, 0) is 0 Å². The van der Waals surface area contributed by atoms with Crippen LogP contribution in [-0.4, -0.2) is 5.54 Å². The minimum absolute atomic E-state index is 0.148. The predicted octanol–water partition coefficient (Wildman–Crippen LogP) is 2.98. The lowest BCUT2D eigenvalue weighted by Crippen LogP contribution is -2.25. The second-order valence-corrected chi connectivity index (χ2v) is 5.55. The summed E-state index contributed by atoms with van der Waals surface area (Å²) in [5.74, 6) is 1.59. The molecule has 0 aliphatic heterocycles. The summed E-state index contributed by atoms with van der Waals surface area (Å²) in [5.41, 5.74) is 9.37. The molecule has 1 aromatic carbocycles. The van der Waals surface area contributed by atoms with Gasteiger partial charge in [-0.15, -0.1) is 0 Å². The van der Waals surface area contributed by atoms with Crippen molar-refractivity contribution in [3.05, 3.63) is 35.4 Å². The summed E-state index contributed by atoms with van der Waals surface area (Å²) in [4.78, 5) is 0. The topological polar surface area (TPSA) is 26.0 Å².